The summed E-state index contributed by atoms with van der Waals surface area (Å²) >= 11 is 5.31. The number of H-pyrrole nitrogens is 1. The summed E-state index contributed by atoms with van der Waals surface area (Å²) in [4.78, 5) is 3.11. The highest BCUT2D eigenvalue weighted by molar-refractivity contribution is 7.71. The topological polar surface area (TPSA) is 33.9 Å². The molecule has 92 valence electrons. The SMILES string of the molecule is Cc1ccc(Cn2c(C(C)(C)C)c[nH]c2=S)o1. The van der Waals surface area contributed by atoms with E-state index in [4.69, 9.17) is 16.6 Å². The number of aromatic nitrogens is 2. The smallest absolute Gasteiger partial charge is 0.177 e. The van der Waals surface area contributed by atoms with E-state index in [-0.39, 0.29) is 5.41 Å². The van der Waals surface area contributed by atoms with Gasteiger partial charge in [0.1, 0.15) is 11.5 Å². The van der Waals surface area contributed by atoms with Crippen LogP contribution in [-0.2, 0) is 12.0 Å². The molecule has 3 nitrogen and oxygen atoms in total. The van der Waals surface area contributed by atoms with Crippen molar-refractivity contribution >= 4 is 12.2 Å². The summed E-state index contributed by atoms with van der Waals surface area (Å²) in [6.07, 6.45) is 1.98. The van der Waals surface area contributed by atoms with Crippen LogP contribution in [0, 0.1) is 11.7 Å². The lowest BCUT2D eigenvalue weighted by Gasteiger charge is -2.20. The summed E-state index contributed by atoms with van der Waals surface area (Å²) < 4.78 is 8.43. The molecule has 0 spiro atoms. The predicted molar refractivity (Wildman–Crippen MR) is 70.9 cm³/mol. The Labute approximate surface area is 106 Å². The molecule has 2 aromatic rings. The van der Waals surface area contributed by atoms with Gasteiger partial charge in [-0.15, -0.1) is 0 Å². The van der Waals surface area contributed by atoms with Gasteiger partial charge in [0.05, 0.1) is 6.54 Å². The Balaban J connectivity index is 2.39. The summed E-state index contributed by atoms with van der Waals surface area (Å²) in [6.45, 7) is 9.16. The molecule has 17 heavy (non-hydrogen) atoms. The summed E-state index contributed by atoms with van der Waals surface area (Å²) in [6, 6.07) is 3.97. The lowest BCUT2D eigenvalue weighted by atomic mass is 9.92. The highest BCUT2D eigenvalue weighted by Crippen LogP contribution is 2.23. The third-order valence-corrected chi connectivity index (χ3v) is 3.08. The van der Waals surface area contributed by atoms with Crippen LogP contribution in [0.2, 0.25) is 0 Å². The molecule has 0 aromatic carbocycles. The van der Waals surface area contributed by atoms with Crippen molar-refractivity contribution in [1.29, 1.82) is 0 Å². The zero-order chi connectivity index (χ0) is 12.6. The molecule has 1 N–H and O–H groups in total. The summed E-state index contributed by atoms with van der Waals surface area (Å²) in [5.41, 5.74) is 1.26. The molecule has 0 aliphatic rings. The van der Waals surface area contributed by atoms with Gasteiger partial charge in [-0.3, -0.25) is 0 Å². The van der Waals surface area contributed by atoms with E-state index in [2.05, 4.69) is 30.3 Å². The number of aromatic amines is 1. The molecular formula is C13H18N2OS. The molecule has 0 saturated carbocycles. The molecule has 0 unspecified atom stereocenters. The van der Waals surface area contributed by atoms with Gasteiger partial charge in [-0.05, 0) is 31.3 Å². The average Bonchev–Trinajstić information content (AvgIpc) is 2.74. The summed E-state index contributed by atoms with van der Waals surface area (Å²) in [5.74, 6) is 1.86. The fraction of sp³-hybridized carbons (Fsp3) is 0.462. The molecule has 2 rings (SSSR count). The number of hydrogen-bond acceptors (Lipinski definition) is 2. The third kappa shape index (κ3) is 2.52. The Kier molecular flexibility index (Phi) is 3.00. The average molecular weight is 250 g/mol. The maximum absolute atomic E-state index is 5.60. The second kappa shape index (κ2) is 4.18. The second-order valence-corrected chi connectivity index (χ2v) is 5.71. The van der Waals surface area contributed by atoms with E-state index in [0.717, 1.165) is 16.3 Å². The van der Waals surface area contributed by atoms with Gasteiger partial charge in [-0.2, -0.15) is 0 Å². The number of furan rings is 1. The van der Waals surface area contributed by atoms with Crippen LogP contribution in [0.5, 0.6) is 0 Å². The molecular weight excluding hydrogens is 232 g/mol. The fourth-order valence-corrected chi connectivity index (χ4v) is 2.12. The fourth-order valence-electron chi connectivity index (χ4n) is 1.90. The highest BCUT2D eigenvalue weighted by atomic mass is 32.1. The van der Waals surface area contributed by atoms with Gasteiger partial charge in [0.2, 0.25) is 0 Å². The number of nitrogens with one attached hydrogen (secondary N) is 1. The number of nitrogens with zero attached hydrogens (tertiary/aromatic N) is 1. The van der Waals surface area contributed by atoms with Crippen molar-refractivity contribution in [1.82, 2.24) is 9.55 Å². The van der Waals surface area contributed by atoms with E-state index < -0.39 is 0 Å². The monoisotopic (exact) mass is 250 g/mol. The van der Waals surface area contributed by atoms with Crippen LogP contribution in [0.25, 0.3) is 0 Å². The lowest BCUT2D eigenvalue weighted by Crippen LogP contribution is -2.18. The number of rotatable bonds is 2. The Hall–Kier alpha value is -1.29. The Bertz CT molecular complexity index is 569. The quantitative estimate of drug-likeness (QED) is 0.823. The Morgan fingerprint density at radius 3 is 2.59 bits per heavy atom. The van der Waals surface area contributed by atoms with Gasteiger partial charge < -0.3 is 14.0 Å². The van der Waals surface area contributed by atoms with Crippen molar-refractivity contribution < 1.29 is 4.42 Å². The second-order valence-electron chi connectivity index (χ2n) is 5.33. The van der Waals surface area contributed by atoms with Crippen LogP contribution in [-0.4, -0.2) is 9.55 Å². The van der Waals surface area contributed by atoms with Crippen molar-refractivity contribution in [3.63, 3.8) is 0 Å². The van der Waals surface area contributed by atoms with Crippen LogP contribution in [0.15, 0.2) is 22.7 Å². The first-order valence-corrected chi connectivity index (χ1v) is 6.13. The molecule has 4 heteroatoms. The van der Waals surface area contributed by atoms with Crippen LogP contribution in [0.3, 0.4) is 0 Å². The van der Waals surface area contributed by atoms with Gasteiger partial charge in [0, 0.05) is 17.3 Å². The molecule has 0 saturated heterocycles. The minimum absolute atomic E-state index is 0.0647. The number of hydrogen-bond donors (Lipinski definition) is 1. The first-order valence-electron chi connectivity index (χ1n) is 5.72. The van der Waals surface area contributed by atoms with Gasteiger partial charge in [0.15, 0.2) is 4.77 Å². The van der Waals surface area contributed by atoms with E-state index in [0.29, 0.717) is 6.54 Å². The van der Waals surface area contributed by atoms with Crippen molar-refractivity contribution in [2.45, 2.75) is 39.7 Å². The van der Waals surface area contributed by atoms with Crippen molar-refractivity contribution in [2.75, 3.05) is 0 Å². The molecule has 0 atom stereocenters. The largest absolute Gasteiger partial charge is 0.464 e. The molecule has 0 fully saturated rings. The van der Waals surface area contributed by atoms with Crippen molar-refractivity contribution in [2.24, 2.45) is 0 Å². The Morgan fingerprint density at radius 1 is 1.35 bits per heavy atom. The highest BCUT2D eigenvalue weighted by Gasteiger charge is 2.19. The van der Waals surface area contributed by atoms with Gasteiger partial charge in [-0.25, -0.2) is 0 Å². The van der Waals surface area contributed by atoms with E-state index in [9.17, 15) is 0 Å². The van der Waals surface area contributed by atoms with Crippen LogP contribution < -0.4 is 0 Å². The molecule has 0 bridgehead atoms. The van der Waals surface area contributed by atoms with Gasteiger partial charge >= 0.3 is 0 Å². The summed E-state index contributed by atoms with van der Waals surface area (Å²) in [5, 5.41) is 0. The molecule has 0 radical (unpaired) electrons. The van der Waals surface area contributed by atoms with Crippen LogP contribution in [0.4, 0.5) is 0 Å². The maximum atomic E-state index is 5.60. The number of imidazole rings is 1. The zero-order valence-corrected chi connectivity index (χ0v) is 11.5. The molecule has 2 aromatic heterocycles. The lowest BCUT2D eigenvalue weighted by molar-refractivity contribution is 0.452. The minimum atomic E-state index is 0.0647. The first kappa shape index (κ1) is 12.2. The van der Waals surface area contributed by atoms with Crippen molar-refractivity contribution in [3.05, 3.63) is 40.3 Å². The Morgan fingerprint density at radius 2 is 2.06 bits per heavy atom. The predicted octanol–water partition coefficient (Wildman–Crippen LogP) is 3.79. The van der Waals surface area contributed by atoms with E-state index in [1.54, 1.807) is 0 Å². The molecule has 0 aliphatic carbocycles. The van der Waals surface area contributed by atoms with Gasteiger partial charge in [0.25, 0.3) is 0 Å². The molecule has 0 aliphatic heterocycles. The van der Waals surface area contributed by atoms with E-state index in [1.807, 2.05) is 25.3 Å². The molecule has 2 heterocycles. The van der Waals surface area contributed by atoms with Crippen LogP contribution >= 0.6 is 12.2 Å². The normalized spacial score (nSPS) is 12.0. The van der Waals surface area contributed by atoms with E-state index >= 15 is 0 Å². The minimum Gasteiger partial charge on any atom is -0.464 e. The first-order chi connectivity index (χ1) is 7.88. The zero-order valence-electron chi connectivity index (χ0n) is 10.7. The standard InChI is InChI=1S/C13H18N2OS/c1-9-5-6-10(16-9)8-15-11(13(2,3)4)7-14-12(15)17/h5-7H,8H2,1-4H3,(H,14,17). The third-order valence-electron chi connectivity index (χ3n) is 2.75. The van der Waals surface area contributed by atoms with Gasteiger partial charge in [-0.1, -0.05) is 20.8 Å². The van der Waals surface area contributed by atoms with Crippen molar-refractivity contribution in [3.8, 4) is 0 Å². The summed E-state index contributed by atoms with van der Waals surface area (Å²) in [7, 11) is 0. The maximum Gasteiger partial charge on any atom is 0.177 e. The van der Waals surface area contributed by atoms with E-state index in [1.165, 1.54) is 5.69 Å². The number of aryl methyl sites for hydroxylation is 1. The molecule has 0 amide bonds. The van der Waals surface area contributed by atoms with Crippen LogP contribution in [0.1, 0.15) is 38.0 Å².